The molecule has 0 fully saturated rings. The zero-order chi connectivity index (χ0) is 15.8. The van der Waals surface area contributed by atoms with Crippen LogP contribution in [0.1, 0.15) is 12.5 Å². The average Bonchev–Trinajstić information content (AvgIpc) is 2.51. The number of rotatable bonds is 6. The van der Waals surface area contributed by atoms with Gasteiger partial charge in [0.15, 0.2) is 18.2 Å². The van der Waals surface area contributed by atoms with Crippen LogP contribution in [0.5, 0.6) is 11.5 Å². The Balaban J connectivity index is 1.81. The molecule has 1 aromatic carbocycles. The van der Waals surface area contributed by atoms with Gasteiger partial charge in [-0.2, -0.15) is 0 Å². The number of anilines is 1. The third-order valence-corrected chi connectivity index (χ3v) is 2.76. The highest BCUT2D eigenvalue weighted by Crippen LogP contribution is 2.25. The Bertz CT molecular complexity index is 614. The maximum Gasteiger partial charge on any atom is 0.323 e. The SMILES string of the molecule is CCOc1ccccc1OCNC(=O)Nc1ccc(C)cn1. The van der Waals surface area contributed by atoms with E-state index in [-0.39, 0.29) is 12.8 Å². The molecular formula is C16H19N3O3. The quantitative estimate of drug-likeness (QED) is 0.805. The minimum atomic E-state index is -0.384. The van der Waals surface area contributed by atoms with Gasteiger partial charge in [-0.25, -0.2) is 9.78 Å². The summed E-state index contributed by atoms with van der Waals surface area (Å²) in [6.07, 6.45) is 1.68. The van der Waals surface area contributed by atoms with Crippen molar-refractivity contribution in [2.45, 2.75) is 13.8 Å². The first-order chi connectivity index (χ1) is 10.7. The van der Waals surface area contributed by atoms with Crippen LogP contribution in [0.2, 0.25) is 0 Å². The molecule has 116 valence electrons. The van der Waals surface area contributed by atoms with E-state index in [4.69, 9.17) is 9.47 Å². The summed E-state index contributed by atoms with van der Waals surface area (Å²) in [6.45, 7) is 4.41. The van der Waals surface area contributed by atoms with E-state index in [9.17, 15) is 4.79 Å². The Morgan fingerprint density at radius 2 is 1.86 bits per heavy atom. The fourth-order valence-electron chi connectivity index (χ4n) is 1.73. The summed E-state index contributed by atoms with van der Waals surface area (Å²) in [4.78, 5) is 15.8. The lowest BCUT2D eigenvalue weighted by Gasteiger charge is -2.12. The van der Waals surface area contributed by atoms with E-state index in [1.165, 1.54) is 0 Å². The normalized spacial score (nSPS) is 9.91. The zero-order valence-electron chi connectivity index (χ0n) is 12.6. The second-order valence-electron chi connectivity index (χ2n) is 4.52. The standard InChI is InChI=1S/C16H19N3O3/c1-3-21-13-6-4-5-7-14(13)22-11-18-16(20)19-15-9-8-12(2)10-17-15/h4-10H,3,11H2,1-2H3,(H2,17,18,19,20). The molecule has 0 atom stereocenters. The maximum atomic E-state index is 11.7. The van der Waals surface area contributed by atoms with Crippen LogP contribution in [0.4, 0.5) is 10.6 Å². The highest BCUT2D eigenvalue weighted by Gasteiger charge is 2.05. The van der Waals surface area contributed by atoms with Gasteiger partial charge in [-0.05, 0) is 37.6 Å². The number of para-hydroxylation sites is 2. The Labute approximate surface area is 129 Å². The van der Waals surface area contributed by atoms with Crippen LogP contribution in [0, 0.1) is 6.92 Å². The topological polar surface area (TPSA) is 72.5 Å². The number of aromatic nitrogens is 1. The molecule has 6 heteroatoms. The average molecular weight is 301 g/mol. The van der Waals surface area contributed by atoms with Gasteiger partial charge in [0, 0.05) is 6.20 Å². The number of amides is 2. The first-order valence-electron chi connectivity index (χ1n) is 7.01. The van der Waals surface area contributed by atoms with Crippen molar-refractivity contribution in [1.82, 2.24) is 10.3 Å². The van der Waals surface area contributed by atoms with E-state index in [1.54, 1.807) is 18.3 Å². The molecule has 2 N–H and O–H groups in total. The smallest absolute Gasteiger partial charge is 0.323 e. The molecule has 2 rings (SSSR count). The van der Waals surface area contributed by atoms with Crippen LogP contribution in [-0.4, -0.2) is 24.4 Å². The number of nitrogens with one attached hydrogen (secondary N) is 2. The van der Waals surface area contributed by atoms with Gasteiger partial charge < -0.3 is 14.8 Å². The fraction of sp³-hybridized carbons (Fsp3) is 0.250. The Morgan fingerprint density at radius 1 is 1.14 bits per heavy atom. The summed E-state index contributed by atoms with van der Waals surface area (Å²) >= 11 is 0. The van der Waals surface area contributed by atoms with Crippen LogP contribution in [0.15, 0.2) is 42.6 Å². The number of nitrogens with zero attached hydrogens (tertiary/aromatic N) is 1. The van der Waals surface area contributed by atoms with Crippen LogP contribution in [-0.2, 0) is 0 Å². The number of benzene rings is 1. The third-order valence-electron chi connectivity index (χ3n) is 2.76. The number of carbonyl (C=O) groups excluding carboxylic acids is 1. The number of hydrogen-bond donors (Lipinski definition) is 2. The van der Waals surface area contributed by atoms with E-state index >= 15 is 0 Å². The van der Waals surface area contributed by atoms with Gasteiger partial charge in [0.2, 0.25) is 0 Å². The molecule has 0 saturated carbocycles. The van der Waals surface area contributed by atoms with Gasteiger partial charge in [-0.15, -0.1) is 0 Å². The molecule has 1 heterocycles. The second-order valence-corrected chi connectivity index (χ2v) is 4.52. The Morgan fingerprint density at radius 3 is 2.50 bits per heavy atom. The monoisotopic (exact) mass is 301 g/mol. The molecule has 1 aromatic heterocycles. The molecule has 0 aliphatic rings. The number of pyridine rings is 1. The molecule has 0 radical (unpaired) electrons. The van der Waals surface area contributed by atoms with Crippen LogP contribution in [0.25, 0.3) is 0 Å². The summed E-state index contributed by atoms with van der Waals surface area (Å²) in [5, 5.41) is 5.22. The molecule has 2 amide bonds. The number of aryl methyl sites for hydroxylation is 1. The fourth-order valence-corrected chi connectivity index (χ4v) is 1.73. The molecule has 0 unspecified atom stereocenters. The van der Waals surface area contributed by atoms with Crippen LogP contribution in [0.3, 0.4) is 0 Å². The van der Waals surface area contributed by atoms with Gasteiger partial charge in [0.1, 0.15) is 5.82 Å². The molecule has 0 aliphatic carbocycles. The van der Waals surface area contributed by atoms with Crippen molar-refractivity contribution < 1.29 is 14.3 Å². The number of ether oxygens (including phenoxy) is 2. The maximum absolute atomic E-state index is 11.7. The van der Waals surface area contributed by atoms with E-state index in [0.717, 1.165) is 5.56 Å². The van der Waals surface area contributed by atoms with Gasteiger partial charge >= 0.3 is 6.03 Å². The largest absolute Gasteiger partial charge is 0.490 e. The lowest BCUT2D eigenvalue weighted by molar-refractivity contribution is 0.229. The molecule has 22 heavy (non-hydrogen) atoms. The minimum absolute atomic E-state index is 0.0295. The number of carbonyl (C=O) groups is 1. The molecule has 0 spiro atoms. The summed E-state index contributed by atoms with van der Waals surface area (Å²) in [5.41, 5.74) is 1.03. The third kappa shape index (κ3) is 4.66. The van der Waals surface area contributed by atoms with Gasteiger partial charge in [-0.1, -0.05) is 18.2 Å². The first-order valence-corrected chi connectivity index (χ1v) is 7.01. The Kier molecular flexibility index (Phi) is 5.59. The van der Waals surface area contributed by atoms with E-state index in [1.807, 2.05) is 38.1 Å². The summed E-state index contributed by atoms with van der Waals surface area (Å²) < 4.78 is 10.9. The van der Waals surface area contributed by atoms with Crippen LogP contribution >= 0.6 is 0 Å². The first kappa shape index (κ1) is 15.6. The van der Waals surface area contributed by atoms with E-state index < -0.39 is 0 Å². The zero-order valence-corrected chi connectivity index (χ0v) is 12.6. The molecular weight excluding hydrogens is 282 g/mol. The van der Waals surface area contributed by atoms with Crippen molar-refractivity contribution in [2.75, 3.05) is 18.7 Å². The van der Waals surface area contributed by atoms with Gasteiger partial charge in [0.05, 0.1) is 6.61 Å². The van der Waals surface area contributed by atoms with Crippen molar-refractivity contribution in [1.29, 1.82) is 0 Å². The lowest BCUT2D eigenvalue weighted by atomic mass is 10.3. The summed E-state index contributed by atoms with van der Waals surface area (Å²) in [5.74, 6) is 1.71. The van der Waals surface area contributed by atoms with Crippen molar-refractivity contribution in [3.63, 3.8) is 0 Å². The predicted molar refractivity (Wildman–Crippen MR) is 84.2 cm³/mol. The van der Waals surface area contributed by atoms with Crippen molar-refractivity contribution >= 4 is 11.8 Å². The number of hydrogen-bond acceptors (Lipinski definition) is 4. The number of urea groups is 1. The second kappa shape index (κ2) is 7.87. The highest BCUT2D eigenvalue weighted by molar-refractivity contribution is 5.88. The van der Waals surface area contributed by atoms with Crippen LogP contribution < -0.4 is 20.1 Å². The van der Waals surface area contributed by atoms with Gasteiger partial charge in [0.25, 0.3) is 0 Å². The summed E-state index contributed by atoms with van der Waals surface area (Å²) in [6, 6.07) is 10.5. The molecule has 6 nitrogen and oxygen atoms in total. The van der Waals surface area contributed by atoms with Gasteiger partial charge in [-0.3, -0.25) is 5.32 Å². The predicted octanol–water partition coefficient (Wildman–Crippen LogP) is 2.95. The van der Waals surface area contributed by atoms with Crippen molar-refractivity contribution in [3.8, 4) is 11.5 Å². The van der Waals surface area contributed by atoms with E-state index in [2.05, 4.69) is 15.6 Å². The molecule has 0 bridgehead atoms. The summed E-state index contributed by atoms with van der Waals surface area (Å²) in [7, 11) is 0. The van der Waals surface area contributed by atoms with E-state index in [0.29, 0.717) is 23.9 Å². The van der Waals surface area contributed by atoms with Crippen molar-refractivity contribution in [3.05, 3.63) is 48.2 Å². The Hall–Kier alpha value is -2.76. The molecule has 2 aromatic rings. The molecule has 0 saturated heterocycles. The minimum Gasteiger partial charge on any atom is -0.490 e. The lowest BCUT2D eigenvalue weighted by Crippen LogP contribution is -2.32. The van der Waals surface area contributed by atoms with Crippen molar-refractivity contribution in [2.24, 2.45) is 0 Å². The highest BCUT2D eigenvalue weighted by atomic mass is 16.5. The molecule has 0 aliphatic heterocycles.